The Morgan fingerprint density at radius 1 is 0.667 bits per heavy atom. The van der Waals surface area contributed by atoms with Gasteiger partial charge in [-0.2, -0.15) is 0 Å². The molecule has 0 aromatic rings. The van der Waals surface area contributed by atoms with Crippen LogP contribution in [0.15, 0.2) is 0 Å². The minimum Gasteiger partial charge on any atom is -0.379 e. The van der Waals surface area contributed by atoms with Crippen LogP contribution in [0.5, 0.6) is 0 Å². The quantitative estimate of drug-likeness (QED) is 0.386. The van der Waals surface area contributed by atoms with Crippen molar-refractivity contribution in [3.8, 4) is 0 Å². The van der Waals surface area contributed by atoms with Crippen molar-refractivity contribution in [2.24, 2.45) is 0 Å². The van der Waals surface area contributed by atoms with E-state index in [0.29, 0.717) is 39.9 Å². The minimum absolute atomic E-state index is 0.488. The number of ether oxygens (including phenoxy) is 4. The predicted octanol–water partition coefficient (Wildman–Crippen LogP) is 0.597. The van der Waals surface area contributed by atoms with Crippen LogP contribution in [0.25, 0.3) is 0 Å². The van der Waals surface area contributed by atoms with E-state index in [1.807, 2.05) is 13.8 Å². The molecule has 1 N–H and O–H groups in total. The van der Waals surface area contributed by atoms with Crippen LogP contribution in [0.3, 0.4) is 0 Å². The standard InChI is InChI=1S/C10H23NO4/c1-3-12-5-7-14-9-11-10-15-8-6-13-4-2/h11H,3-10H2,1-2H3. The van der Waals surface area contributed by atoms with Gasteiger partial charge in [0, 0.05) is 13.2 Å². The van der Waals surface area contributed by atoms with E-state index in [1.54, 1.807) is 0 Å². The Labute approximate surface area is 92.0 Å². The second kappa shape index (κ2) is 13.8. The Bertz CT molecular complexity index is 102. The normalized spacial score (nSPS) is 10.8. The average molecular weight is 221 g/mol. The van der Waals surface area contributed by atoms with Crippen LogP contribution in [0.4, 0.5) is 0 Å². The zero-order chi connectivity index (χ0) is 11.2. The molecule has 0 bridgehead atoms. The van der Waals surface area contributed by atoms with E-state index in [1.165, 1.54) is 0 Å². The van der Waals surface area contributed by atoms with Crippen LogP contribution < -0.4 is 5.32 Å². The van der Waals surface area contributed by atoms with E-state index < -0.39 is 0 Å². The van der Waals surface area contributed by atoms with Crippen molar-refractivity contribution in [2.75, 3.05) is 53.1 Å². The maximum atomic E-state index is 5.22. The zero-order valence-electron chi connectivity index (χ0n) is 9.79. The summed E-state index contributed by atoms with van der Waals surface area (Å²) in [4.78, 5) is 0. The van der Waals surface area contributed by atoms with Gasteiger partial charge in [0.2, 0.25) is 0 Å². The molecule has 0 spiro atoms. The fourth-order valence-electron chi connectivity index (χ4n) is 0.855. The van der Waals surface area contributed by atoms with Gasteiger partial charge >= 0.3 is 0 Å². The Morgan fingerprint density at radius 2 is 1.07 bits per heavy atom. The van der Waals surface area contributed by atoms with E-state index in [9.17, 15) is 0 Å². The maximum absolute atomic E-state index is 5.22. The van der Waals surface area contributed by atoms with Crippen molar-refractivity contribution in [3.63, 3.8) is 0 Å². The van der Waals surface area contributed by atoms with E-state index >= 15 is 0 Å². The third-order valence-electron chi connectivity index (χ3n) is 1.56. The highest BCUT2D eigenvalue weighted by molar-refractivity contribution is 4.31. The van der Waals surface area contributed by atoms with E-state index in [-0.39, 0.29) is 0 Å². The number of hydrogen-bond donors (Lipinski definition) is 1. The molecule has 0 rings (SSSR count). The highest BCUT2D eigenvalue weighted by atomic mass is 16.5. The Kier molecular flexibility index (Phi) is 13.6. The molecule has 5 heteroatoms. The molecule has 15 heavy (non-hydrogen) atoms. The van der Waals surface area contributed by atoms with Crippen molar-refractivity contribution < 1.29 is 18.9 Å². The minimum atomic E-state index is 0.488. The molecule has 0 radical (unpaired) electrons. The van der Waals surface area contributed by atoms with Crippen LogP contribution in [-0.4, -0.2) is 53.1 Å². The van der Waals surface area contributed by atoms with Crippen LogP contribution in [0.1, 0.15) is 13.8 Å². The molecule has 0 atom stereocenters. The maximum Gasteiger partial charge on any atom is 0.0983 e. The second-order valence-corrected chi connectivity index (χ2v) is 2.75. The lowest BCUT2D eigenvalue weighted by atomic mass is 10.7. The van der Waals surface area contributed by atoms with E-state index in [4.69, 9.17) is 18.9 Å². The molecule has 0 aromatic heterocycles. The molecule has 0 aliphatic heterocycles. The van der Waals surface area contributed by atoms with Crippen molar-refractivity contribution in [2.45, 2.75) is 13.8 Å². The van der Waals surface area contributed by atoms with Gasteiger partial charge in [-0.15, -0.1) is 0 Å². The summed E-state index contributed by atoms with van der Waals surface area (Å²) in [7, 11) is 0. The number of nitrogens with one attached hydrogen (secondary N) is 1. The molecule has 92 valence electrons. The summed E-state index contributed by atoms with van der Waals surface area (Å²) in [6.45, 7) is 8.87. The van der Waals surface area contributed by atoms with Gasteiger partial charge in [-0.3, -0.25) is 5.32 Å². The molecule has 0 heterocycles. The lowest BCUT2D eigenvalue weighted by Crippen LogP contribution is -2.23. The molecule has 0 unspecified atom stereocenters. The summed E-state index contributed by atoms with van der Waals surface area (Å²) in [5, 5.41) is 2.98. The first-order valence-electron chi connectivity index (χ1n) is 5.43. The second-order valence-electron chi connectivity index (χ2n) is 2.75. The molecule has 0 fully saturated rings. The molecule has 0 saturated heterocycles. The van der Waals surface area contributed by atoms with Gasteiger partial charge in [0.05, 0.1) is 39.9 Å². The molecule has 0 saturated carbocycles. The summed E-state index contributed by atoms with van der Waals surface area (Å²) < 4.78 is 20.6. The van der Waals surface area contributed by atoms with Crippen molar-refractivity contribution in [1.29, 1.82) is 0 Å². The lowest BCUT2D eigenvalue weighted by molar-refractivity contribution is 0.0113. The van der Waals surface area contributed by atoms with Gasteiger partial charge in [0.15, 0.2) is 0 Å². The van der Waals surface area contributed by atoms with Gasteiger partial charge < -0.3 is 18.9 Å². The van der Waals surface area contributed by atoms with Crippen LogP contribution >= 0.6 is 0 Å². The number of hydrogen-bond acceptors (Lipinski definition) is 5. The Balaban J connectivity index is 2.81. The first-order valence-corrected chi connectivity index (χ1v) is 5.43. The number of rotatable bonds is 12. The molecule has 0 amide bonds. The highest BCUT2D eigenvalue weighted by Crippen LogP contribution is 1.78. The molecule has 0 aromatic carbocycles. The van der Waals surface area contributed by atoms with Crippen molar-refractivity contribution in [1.82, 2.24) is 5.32 Å². The first kappa shape index (κ1) is 14.8. The summed E-state index contributed by atoms with van der Waals surface area (Å²) in [5.41, 5.74) is 0. The lowest BCUT2D eigenvalue weighted by Gasteiger charge is -2.07. The van der Waals surface area contributed by atoms with Crippen molar-refractivity contribution in [3.05, 3.63) is 0 Å². The average Bonchev–Trinajstić information content (AvgIpc) is 2.26. The van der Waals surface area contributed by atoms with Crippen LogP contribution in [-0.2, 0) is 18.9 Å². The summed E-state index contributed by atoms with van der Waals surface area (Å²) >= 11 is 0. The van der Waals surface area contributed by atoms with Crippen LogP contribution in [0, 0.1) is 0 Å². The smallest absolute Gasteiger partial charge is 0.0983 e. The summed E-state index contributed by atoms with van der Waals surface area (Å²) in [6.07, 6.45) is 0. The van der Waals surface area contributed by atoms with Crippen LogP contribution in [0.2, 0.25) is 0 Å². The Morgan fingerprint density at radius 3 is 1.47 bits per heavy atom. The SMILES string of the molecule is CCOCCOCNCOCCOCC. The van der Waals surface area contributed by atoms with Gasteiger partial charge in [0.25, 0.3) is 0 Å². The predicted molar refractivity (Wildman–Crippen MR) is 57.8 cm³/mol. The summed E-state index contributed by atoms with van der Waals surface area (Å²) in [6, 6.07) is 0. The third-order valence-corrected chi connectivity index (χ3v) is 1.56. The van der Waals surface area contributed by atoms with Gasteiger partial charge in [-0.05, 0) is 13.8 Å². The fraction of sp³-hybridized carbons (Fsp3) is 1.00. The molecule has 0 aliphatic rings. The van der Waals surface area contributed by atoms with E-state index in [2.05, 4.69) is 5.32 Å². The molecular formula is C10H23NO4. The highest BCUT2D eigenvalue weighted by Gasteiger charge is 1.89. The zero-order valence-corrected chi connectivity index (χ0v) is 9.79. The first-order chi connectivity index (χ1) is 7.41. The largest absolute Gasteiger partial charge is 0.379 e. The van der Waals surface area contributed by atoms with E-state index in [0.717, 1.165) is 13.2 Å². The molecule has 0 aliphatic carbocycles. The molecule has 5 nitrogen and oxygen atoms in total. The van der Waals surface area contributed by atoms with Gasteiger partial charge in [0.1, 0.15) is 0 Å². The Hall–Kier alpha value is -0.200. The molecular weight excluding hydrogens is 198 g/mol. The topological polar surface area (TPSA) is 49.0 Å². The third kappa shape index (κ3) is 13.8. The van der Waals surface area contributed by atoms with Gasteiger partial charge in [-0.25, -0.2) is 0 Å². The summed E-state index contributed by atoms with van der Waals surface area (Å²) in [5.74, 6) is 0. The van der Waals surface area contributed by atoms with Crippen molar-refractivity contribution >= 4 is 0 Å². The fourth-order valence-corrected chi connectivity index (χ4v) is 0.855. The monoisotopic (exact) mass is 221 g/mol. The van der Waals surface area contributed by atoms with Gasteiger partial charge in [-0.1, -0.05) is 0 Å².